The number of amides is 1. The molecule has 0 saturated heterocycles. The molecule has 1 N–H and O–H groups in total. The highest BCUT2D eigenvalue weighted by Gasteiger charge is 2.11. The Balaban J connectivity index is 2.90. The lowest BCUT2D eigenvalue weighted by molar-refractivity contribution is -0.385. The molecule has 0 unspecified atom stereocenters. The minimum atomic E-state index is -0.566. The van der Waals surface area contributed by atoms with Crippen LogP contribution in [0.25, 0.3) is 0 Å². The van der Waals surface area contributed by atoms with Crippen molar-refractivity contribution >= 4 is 23.5 Å². The quantitative estimate of drug-likeness (QED) is 0.507. The number of carbonyl (C=O) groups is 1. The Bertz CT molecular complexity index is 436. The maximum Gasteiger partial charge on any atom is 0.407 e. The zero-order valence-corrected chi connectivity index (χ0v) is 10.2. The van der Waals surface area contributed by atoms with Gasteiger partial charge in [-0.2, -0.15) is 0 Å². The van der Waals surface area contributed by atoms with E-state index in [0.717, 1.165) is 4.90 Å². The van der Waals surface area contributed by atoms with Crippen molar-refractivity contribution in [3.8, 4) is 0 Å². The molecule has 0 spiro atoms. The molecule has 7 heteroatoms. The number of benzene rings is 1. The highest BCUT2D eigenvalue weighted by molar-refractivity contribution is 7.98. The second-order valence-electron chi connectivity index (χ2n) is 3.10. The number of thioether (sulfide) groups is 1. The Morgan fingerprint density at radius 3 is 2.82 bits per heavy atom. The van der Waals surface area contributed by atoms with Gasteiger partial charge in [0.15, 0.2) is 0 Å². The second-order valence-corrected chi connectivity index (χ2v) is 3.95. The maximum absolute atomic E-state index is 10.9. The summed E-state index contributed by atoms with van der Waals surface area (Å²) in [6.07, 6.45) is 1.30. The summed E-state index contributed by atoms with van der Waals surface area (Å²) in [4.78, 5) is 22.0. The average molecular weight is 256 g/mol. The van der Waals surface area contributed by atoms with E-state index in [0.29, 0.717) is 5.56 Å². The second kappa shape index (κ2) is 6.09. The van der Waals surface area contributed by atoms with Crippen LogP contribution < -0.4 is 5.32 Å². The average Bonchev–Trinajstić information content (AvgIpc) is 2.35. The molecule has 1 aromatic rings. The number of nitro groups is 1. The summed E-state index contributed by atoms with van der Waals surface area (Å²) < 4.78 is 4.43. The van der Waals surface area contributed by atoms with Gasteiger partial charge in [0.05, 0.1) is 12.0 Å². The number of carbonyl (C=O) groups excluding carboxylic acids is 1. The summed E-state index contributed by atoms with van der Waals surface area (Å²) in [5.74, 6) is 0. The van der Waals surface area contributed by atoms with E-state index in [4.69, 9.17) is 0 Å². The van der Waals surface area contributed by atoms with Crippen LogP contribution >= 0.6 is 11.8 Å². The first-order valence-corrected chi connectivity index (χ1v) is 5.94. The van der Waals surface area contributed by atoms with Crippen molar-refractivity contribution in [1.29, 1.82) is 0 Å². The monoisotopic (exact) mass is 256 g/mol. The number of nitro benzene ring substituents is 1. The molecule has 0 aliphatic carbocycles. The summed E-state index contributed by atoms with van der Waals surface area (Å²) >= 11 is 1.46. The van der Waals surface area contributed by atoms with Crippen LogP contribution in [0.2, 0.25) is 0 Å². The lowest BCUT2D eigenvalue weighted by Crippen LogP contribution is -2.22. The van der Waals surface area contributed by atoms with Crippen LogP contribution in [-0.2, 0) is 11.3 Å². The van der Waals surface area contributed by atoms with Gasteiger partial charge in [-0.1, -0.05) is 0 Å². The smallest absolute Gasteiger partial charge is 0.407 e. The molecule has 0 aliphatic heterocycles. The molecule has 1 rings (SSSR count). The topological polar surface area (TPSA) is 81.5 Å². The van der Waals surface area contributed by atoms with Gasteiger partial charge in [-0.05, 0) is 17.9 Å². The first-order chi connectivity index (χ1) is 8.08. The summed E-state index contributed by atoms with van der Waals surface area (Å²) in [7, 11) is 1.26. The molecular formula is C10H12N2O4S. The Hall–Kier alpha value is -1.76. The van der Waals surface area contributed by atoms with Crippen LogP contribution in [0.3, 0.4) is 0 Å². The van der Waals surface area contributed by atoms with Gasteiger partial charge in [0.1, 0.15) is 0 Å². The number of hydrogen-bond acceptors (Lipinski definition) is 5. The van der Waals surface area contributed by atoms with Gasteiger partial charge in [-0.3, -0.25) is 10.1 Å². The van der Waals surface area contributed by atoms with Gasteiger partial charge in [-0.25, -0.2) is 4.79 Å². The maximum atomic E-state index is 10.9. The lowest BCUT2D eigenvalue weighted by atomic mass is 10.2. The van der Waals surface area contributed by atoms with Crippen LogP contribution in [0.4, 0.5) is 10.5 Å². The Morgan fingerprint density at radius 1 is 1.59 bits per heavy atom. The van der Waals surface area contributed by atoms with E-state index >= 15 is 0 Å². The lowest BCUT2D eigenvalue weighted by Gasteiger charge is -2.08. The van der Waals surface area contributed by atoms with Crippen molar-refractivity contribution in [3.63, 3.8) is 0 Å². The zero-order chi connectivity index (χ0) is 12.8. The number of non-ortho nitro benzene ring substituents is 1. The van der Waals surface area contributed by atoms with Crippen LogP contribution in [0.1, 0.15) is 5.56 Å². The largest absolute Gasteiger partial charge is 0.453 e. The molecule has 0 bridgehead atoms. The van der Waals surface area contributed by atoms with E-state index in [2.05, 4.69) is 10.1 Å². The van der Waals surface area contributed by atoms with Gasteiger partial charge in [0.25, 0.3) is 5.69 Å². The van der Waals surface area contributed by atoms with Crippen molar-refractivity contribution in [2.45, 2.75) is 11.4 Å². The Labute approximate surface area is 102 Å². The fraction of sp³-hybridized carbons (Fsp3) is 0.300. The minimum absolute atomic E-state index is 0.00414. The van der Waals surface area contributed by atoms with Crippen molar-refractivity contribution in [2.24, 2.45) is 0 Å². The molecule has 1 amide bonds. The molecule has 0 aromatic heterocycles. The normalized spacial score (nSPS) is 9.76. The summed E-state index contributed by atoms with van der Waals surface area (Å²) in [5.41, 5.74) is 0.696. The summed E-state index contributed by atoms with van der Waals surface area (Å²) in [6.45, 7) is 0.199. The Morgan fingerprint density at radius 2 is 2.29 bits per heavy atom. The molecular weight excluding hydrogens is 244 g/mol. The molecule has 0 radical (unpaired) electrons. The molecule has 6 nitrogen and oxygen atoms in total. The predicted octanol–water partition coefficient (Wildman–Crippen LogP) is 2.17. The molecule has 1 aromatic carbocycles. The van der Waals surface area contributed by atoms with E-state index in [1.807, 2.05) is 6.26 Å². The molecule has 0 fully saturated rings. The van der Waals surface area contributed by atoms with Gasteiger partial charge in [0, 0.05) is 23.6 Å². The van der Waals surface area contributed by atoms with E-state index in [1.165, 1.54) is 31.0 Å². The van der Waals surface area contributed by atoms with Crippen LogP contribution in [0.15, 0.2) is 23.1 Å². The highest BCUT2D eigenvalue weighted by atomic mass is 32.2. The zero-order valence-electron chi connectivity index (χ0n) is 9.43. The van der Waals surface area contributed by atoms with E-state index in [1.54, 1.807) is 6.07 Å². The fourth-order valence-electron chi connectivity index (χ4n) is 1.26. The van der Waals surface area contributed by atoms with E-state index in [9.17, 15) is 14.9 Å². The number of alkyl carbamates (subject to hydrolysis) is 1. The number of methoxy groups -OCH3 is 1. The van der Waals surface area contributed by atoms with Crippen molar-refractivity contribution in [3.05, 3.63) is 33.9 Å². The predicted molar refractivity (Wildman–Crippen MR) is 64.1 cm³/mol. The van der Waals surface area contributed by atoms with E-state index in [-0.39, 0.29) is 12.2 Å². The van der Waals surface area contributed by atoms with Crippen molar-refractivity contribution in [2.75, 3.05) is 13.4 Å². The minimum Gasteiger partial charge on any atom is -0.453 e. The van der Waals surface area contributed by atoms with Crippen molar-refractivity contribution < 1.29 is 14.5 Å². The number of nitrogens with one attached hydrogen (secondary N) is 1. The number of nitrogens with zero attached hydrogens (tertiary/aromatic N) is 1. The third-order valence-corrected chi connectivity index (χ3v) is 2.92. The molecule has 0 aliphatic rings. The van der Waals surface area contributed by atoms with Gasteiger partial charge < -0.3 is 10.1 Å². The van der Waals surface area contributed by atoms with Gasteiger partial charge in [0.2, 0.25) is 0 Å². The molecule has 17 heavy (non-hydrogen) atoms. The first-order valence-electron chi connectivity index (χ1n) is 4.71. The molecule has 0 atom stereocenters. The summed E-state index contributed by atoms with van der Waals surface area (Å²) in [5, 5.41) is 13.1. The number of ether oxygens (including phenoxy) is 1. The van der Waals surface area contributed by atoms with Crippen LogP contribution in [0.5, 0.6) is 0 Å². The standard InChI is InChI=1S/C10H12N2O4S/c1-16-10(13)11-6-7-5-8(12(14)15)3-4-9(7)17-2/h3-5H,6H2,1-2H3,(H,11,13). The van der Waals surface area contributed by atoms with Gasteiger partial charge >= 0.3 is 6.09 Å². The third-order valence-electron chi connectivity index (χ3n) is 2.08. The molecule has 92 valence electrons. The number of hydrogen-bond donors (Lipinski definition) is 1. The van der Waals surface area contributed by atoms with Gasteiger partial charge in [-0.15, -0.1) is 11.8 Å². The number of rotatable bonds is 4. The van der Waals surface area contributed by atoms with Crippen LogP contribution in [0, 0.1) is 10.1 Å². The molecule has 0 saturated carbocycles. The van der Waals surface area contributed by atoms with Crippen LogP contribution in [-0.4, -0.2) is 24.4 Å². The van der Waals surface area contributed by atoms with E-state index < -0.39 is 11.0 Å². The Kier molecular flexibility index (Phi) is 4.77. The third kappa shape index (κ3) is 3.63. The fourth-order valence-corrected chi connectivity index (χ4v) is 1.85. The highest BCUT2D eigenvalue weighted by Crippen LogP contribution is 2.24. The molecule has 0 heterocycles. The SMILES string of the molecule is COC(=O)NCc1cc([N+](=O)[O-])ccc1SC. The first kappa shape index (κ1) is 13.3. The van der Waals surface area contributed by atoms with Crippen molar-refractivity contribution in [1.82, 2.24) is 5.32 Å². The summed E-state index contributed by atoms with van der Waals surface area (Å²) in [6, 6.07) is 4.55.